The second-order valence-electron chi connectivity index (χ2n) is 5.27. The number of aromatic nitrogens is 3. The molecule has 6 nitrogen and oxygen atoms in total. The van der Waals surface area contributed by atoms with Crippen LogP contribution in [0.15, 0.2) is 18.3 Å². The van der Waals surface area contributed by atoms with Gasteiger partial charge in [-0.2, -0.15) is 9.61 Å². The molecular weight excluding hydrogens is 268 g/mol. The fourth-order valence-electron chi connectivity index (χ4n) is 2.69. The molecule has 114 valence electrons. The van der Waals surface area contributed by atoms with Crippen LogP contribution in [0.1, 0.15) is 26.0 Å². The Morgan fingerprint density at radius 3 is 3.14 bits per heavy atom. The highest BCUT2D eigenvalue weighted by Crippen LogP contribution is 2.19. The minimum Gasteiger partial charge on any atom is -0.376 e. The van der Waals surface area contributed by atoms with Gasteiger partial charge in [-0.15, -0.1) is 0 Å². The zero-order valence-electron chi connectivity index (χ0n) is 12.6. The van der Waals surface area contributed by atoms with E-state index in [1.54, 1.807) is 6.20 Å². The molecule has 2 aromatic heterocycles. The minimum atomic E-state index is 0.0865. The maximum atomic E-state index is 5.73. The maximum absolute atomic E-state index is 5.73. The molecule has 0 aliphatic carbocycles. The molecule has 3 rings (SSSR count). The lowest BCUT2D eigenvalue weighted by molar-refractivity contribution is 0.0477. The quantitative estimate of drug-likeness (QED) is 0.880. The average Bonchev–Trinajstić information content (AvgIpc) is 3.09. The van der Waals surface area contributed by atoms with Gasteiger partial charge < -0.3 is 14.8 Å². The Kier molecular flexibility index (Phi) is 4.36. The molecule has 2 aromatic rings. The molecular formula is C15H22N4O2. The van der Waals surface area contributed by atoms with Gasteiger partial charge in [0, 0.05) is 24.4 Å². The van der Waals surface area contributed by atoms with Crippen molar-refractivity contribution in [2.45, 2.75) is 38.8 Å². The molecule has 1 aliphatic heterocycles. The summed E-state index contributed by atoms with van der Waals surface area (Å²) in [5, 5.41) is 7.86. The van der Waals surface area contributed by atoms with Crippen molar-refractivity contribution in [3.63, 3.8) is 0 Å². The molecule has 0 aromatic carbocycles. The Bertz CT molecular complexity index is 598. The molecule has 0 bridgehead atoms. The number of fused-ring (bicyclic) bond motifs is 1. The number of rotatable bonds is 6. The van der Waals surface area contributed by atoms with E-state index in [-0.39, 0.29) is 12.1 Å². The molecule has 0 radical (unpaired) electrons. The molecule has 0 amide bonds. The number of hydrogen-bond acceptors (Lipinski definition) is 5. The van der Waals surface area contributed by atoms with Crippen LogP contribution in [0.4, 0.5) is 5.82 Å². The molecule has 1 N–H and O–H groups in total. The van der Waals surface area contributed by atoms with E-state index in [0.717, 1.165) is 30.0 Å². The summed E-state index contributed by atoms with van der Waals surface area (Å²) in [5.74, 6) is 0.952. The van der Waals surface area contributed by atoms with Crippen LogP contribution in [0, 0.1) is 0 Å². The van der Waals surface area contributed by atoms with E-state index in [9.17, 15) is 0 Å². The van der Waals surface area contributed by atoms with E-state index in [0.29, 0.717) is 19.8 Å². The van der Waals surface area contributed by atoms with Gasteiger partial charge in [0.05, 0.1) is 25.5 Å². The molecule has 0 unspecified atom stereocenters. The zero-order valence-corrected chi connectivity index (χ0v) is 12.6. The van der Waals surface area contributed by atoms with Crippen molar-refractivity contribution >= 4 is 11.5 Å². The summed E-state index contributed by atoms with van der Waals surface area (Å²) >= 11 is 0. The standard InChI is InChI=1S/C15H22N4O2/c1-3-5-11-8-15(19-14(17-11)6-7-16-19)18-12-9-20-10-13(12)21-4-2/h6-8,12-13,18H,3-5,9-10H2,1-2H3/t12-,13-/m1/s1. The normalized spacial score (nSPS) is 22.0. The van der Waals surface area contributed by atoms with Gasteiger partial charge in [0.15, 0.2) is 5.65 Å². The molecule has 3 heterocycles. The Morgan fingerprint density at radius 1 is 1.43 bits per heavy atom. The first-order chi connectivity index (χ1) is 10.3. The van der Waals surface area contributed by atoms with E-state index in [4.69, 9.17) is 9.47 Å². The van der Waals surface area contributed by atoms with Crippen molar-refractivity contribution in [2.24, 2.45) is 0 Å². The number of aryl methyl sites for hydroxylation is 1. The smallest absolute Gasteiger partial charge is 0.157 e. The second kappa shape index (κ2) is 6.41. The van der Waals surface area contributed by atoms with Crippen molar-refractivity contribution in [1.82, 2.24) is 14.6 Å². The third-order valence-electron chi connectivity index (χ3n) is 3.66. The van der Waals surface area contributed by atoms with Gasteiger partial charge in [-0.3, -0.25) is 0 Å². The van der Waals surface area contributed by atoms with Crippen LogP contribution in [0.3, 0.4) is 0 Å². The van der Waals surface area contributed by atoms with Crippen LogP contribution in [0.5, 0.6) is 0 Å². The zero-order chi connectivity index (χ0) is 14.7. The van der Waals surface area contributed by atoms with Gasteiger partial charge in [0.2, 0.25) is 0 Å². The minimum absolute atomic E-state index is 0.0865. The van der Waals surface area contributed by atoms with Crippen LogP contribution in [0.25, 0.3) is 5.65 Å². The van der Waals surface area contributed by atoms with Gasteiger partial charge in [0.1, 0.15) is 11.9 Å². The van der Waals surface area contributed by atoms with Crippen LogP contribution < -0.4 is 5.32 Å². The lowest BCUT2D eigenvalue weighted by Crippen LogP contribution is -2.35. The number of hydrogen-bond donors (Lipinski definition) is 1. The highest BCUT2D eigenvalue weighted by Gasteiger charge is 2.29. The molecule has 21 heavy (non-hydrogen) atoms. The van der Waals surface area contributed by atoms with Gasteiger partial charge in [-0.1, -0.05) is 13.3 Å². The predicted octanol–water partition coefficient (Wildman–Crippen LogP) is 1.90. The Balaban J connectivity index is 1.86. The molecule has 1 aliphatic rings. The summed E-state index contributed by atoms with van der Waals surface area (Å²) in [6.07, 6.45) is 3.90. The summed E-state index contributed by atoms with van der Waals surface area (Å²) in [4.78, 5) is 4.61. The molecule has 0 spiro atoms. The summed E-state index contributed by atoms with van der Waals surface area (Å²) in [6.45, 7) is 6.15. The van der Waals surface area contributed by atoms with Crippen LogP contribution in [0.2, 0.25) is 0 Å². The van der Waals surface area contributed by atoms with E-state index in [1.807, 2.05) is 17.5 Å². The van der Waals surface area contributed by atoms with E-state index < -0.39 is 0 Å². The van der Waals surface area contributed by atoms with Crippen molar-refractivity contribution in [3.05, 3.63) is 24.0 Å². The number of ether oxygens (including phenoxy) is 2. The molecule has 6 heteroatoms. The van der Waals surface area contributed by atoms with E-state index >= 15 is 0 Å². The Morgan fingerprint density at radius 2 is 2.33 bits per heavy atom. The van der Waals surface area contributed by atoms with Crippen LogP contribution >= 0.6 is 0 Å². The average molecular weight is 290 g/mol. The third kappa shape index (κ3) is 3.01. The van der Waals surface area contributed by atoms with Gasteiger partial charge in [-0.25, -0.2) is 4.98 Å². The first-order valence-corrected chi connectivity index (χ1v) is 7.61. The van der Waals surface area contributed by atoms with Crippen LogP contribution in [-0.4, -0.2) is 46.6 Å². The van der Waals surface area contributed by atoms with Crippen LogP contribution in [-0.2, 0) is 15.9 Å². The fraction of sp³-hybridized carbons (Fsp3) is 0.600. The van der Waals surface area contributed by atoms with Gasteiger partial charge >= 0.3 is 0 Å². The number of anilines is 1. The van der Waals surface area contributed by atoms with Crippen molar-refractivity contribution < 1.29 is 9.47 Å². The first-order valence-electron chi connectivity index (χ1n) is 7.61. The van der Waals surface area contributed by atoms with E-state index in [1.165, 1.54) is 0 Å². The number of nitrogens with zero attached hydrogens (tertiary/aromatic N) is 3. The fourth-order valence-corrected chi connectivity index (χ4v) is 2.69. The lowest BCUT2D eigenvalue weighted by Gasteiger charge is -2.20. The monoisotopic (exact) mass is 290 g/mol. The summed E-state index contributed by atoms with van der Waals surface area (Å²) < 4.78 is 13.1. The molecule has 1 fully saturated rings. The summed E-state index contributed by atoms with van der Waals surface area (Å²) in [5.41, 5.74) is 1.95. The van der Waals surface area contributed by atoms with Crippen molar-refractivity contribution in [2.75, 3.05) is 25.1 Å². The topological polar surface area (TPSA) is 60.7 Å². The first kappa shape index (κ1) is 14.3. The third-order valence-corrected chi connectivity index (χ3v) is 3.66. The molecule has 0 saturated carbocycles. The van der Waals surface area contributed by atoms with Crippen molar-refractivity contribution in [3.8, 4) is 0 Å². The summed E-state index contributed by atoms with van der Waals surface area (Å²) in [6, 6.07) is 4.15. The molecule has 1 saturated heterocycles. The summed E-state index contributed by atoms with van der Waals surface area (Å²) in [7, 11) is 0. The SMILES string of the molecule is CCCc1cc(N[C@@H]2COC[C@H]2OCC)n2nccc2n1. The largest absolute Gasteiger partial charge is 0.376 e. The lowest BCUT2D eigenvalue weighted by atomic mass is 10.2. The highest BCUT2D eigenvalue weighted by molar-refractivity contribution is 5.49. The van der Waals surface area contributed by atoms with Gasteiger partial charge in [0.25, 0.3) is 0 Å². The second-order valence-corrected chi connectivity index (χ2v) is 5.27. The predicted molar refractivity (Wildman–Crippen MR) is 80.6 cm³/mol. The highest BCUT2D eigenvalue weighted by atomic mass is 16.5. The number of nitrogens with one attached hydrogen (secondary N) is 1. The van der Waals surface area contributed by atoms with E-state index in [2.05, 4.69) is 28.4 Å². The molecule has 2 atom stereocenters. The Labute approximate surface area is 124 Å². The Hall–Kier alpha value is -1.66. The maximum Gasteiger partial charge on any atom is 0.157 e. The van der Waals surface area contributed by atoms with Gasteiger partial charge in [-0.05, 0) is 13.3 Å². The van der Waals surface area contributed by atoms with Crippen molar-refractivity contribution in [1.29, 1.82) is 0 Å².